The first kappa shape index (κ1) is 17.3. The lowest BCUT2D eigenvalue weighted by atomic mass is 9.95. The molecule has 2 saturated heterocycles. The number of carbonyl (C=O) groups is 2. The van der Waals surface area contributed by atoms with Crippen LogP contribution in [0.2, 0.25) is 0 Å². The van der Waals surface area contributed by atoms with Crippen molar-refractivity contribution in [3.8, 4) is 0 Å². The molecule has 2 heterocycles. The van der Waals surface area contributed by atoms with Crippen LogP contribution in [-0.2, 0) is 9.59 Å². The normalized spacial score (nSPS) is 27.3. The van der Waals surface area contributed by atoms with Crippen molar-refractivity contribution in [3.05, 3.63) is 22.7 Å². The Morgan fingerprint density at radius 3 is 2.79 bits per heavy atom. The van der Waals surface area contributed by atoms with Crippen molar-refractivity contribution >= 4 is 39.1 Å². The SMILES string of the molecule is C[C@H]1CCCC[C@H]2CC[C@@H](C(=O)Nc3cccc(Br)c3N)N2C1=O. The third-order valence-corrected chi connectivity index (χ3v) is 5.91. The molecular formula is C18H24BrN3O2. The number of halogens is 1. The lowest BCUT2D eigenvalue weighted by Crippen LogP contribution is -2.49. The fraction of sp³-hybridized carbons (Fsp3) is 0.556. The van der Waals surface area contributed by atoms with E-state index in [1.165, 1.54) is 0 Å². The average Bonchev–Trinajstić information content (AvgIpc) is 2.97. The van der Waals surface area contributed by atoms with Gasteiger partial charge in [0.1, 0.15) is 6.04 Å². The number of amides is 2. The number of para-hydroxylation sites is 1. The molecule has 0 bridgehead atoms. The van der Waals surface area contributed by atoms with Crippen LogP contribution in [0.5, 0.6) is 0 Å². The topological polar surface area (TPSA) is 75.4 Å². The molecule has 24 heavy (non-hydrogen) atoms. The third-order valence-electron chi connectivity index (χ3n) is 5.22. The molecule has 0 aliphatic carbocycles. The van der Waals surface area contributed by atoms with Gasteiger partial charge in [0, 0.05) is 16.4 Å². The second-order valence-corrected chi connectivity index (χ2v) is 7.72. The number of carbonyl (C=O) groups excluding carboxylic acids is 2. The Kier molecular flexibility index (Phi) is 5.13. The van der Waals surface area contributed by atoms with Crippen LogP contribution in [-0.4, -0.2) is 28.8 Å². The number of nitrogens with two attached hydrogens (primary N) is 1. The lowest BCUT2D eigenvalue weighted by Gasteiger charge is -2.34. The minimum absolute atomic E-state index is 0.00265. The Balaban J connectivity index is 1.79. The monoisotopic (exact) mass is 393 g/mol. The van der Waals surface area contributed by atoms with Crippen LogP contribution in [0.25, 0.3) is 0 Å². The van der Waals surface area contributed by atoms with E-state index in [0.717, 1.165) is 43.0 Å². The van der Waals surface area contributed by atoms with Gasteiger partial charge in [0.15, 0.2) is 0 Å². The average molecular weight is 394 g/mol. The molecule has 1 aromatic carbocycles. The minimum atomic E-state index is -0.388. The van der Waals surface area contributed by atoms with Crippen LogP contribution in [0.1, 0.15) is 45.4 Å². The van der Waals surface area contributed by atoms with E-state index in [2.05, 4.69) is 21.2 Å². The highest BCUT2D eigenvalue weighted by atomic mass is 79.9. The summed E-state index contributed by atoms with van der Waals surface area (Å²) in [5, 5.41) is 2.91. The van der Waals surface area contributed by atoms with Crippen LogP contribution < -0.4 is 11.1 Å². The Hall–Kier alpha value is -1.56. The van der Waals surface area contributed by atoms with Crippen molar-refractivity contribution in [2.45, 2.75) is 57.5 Å². The van der Waals surface area contributed by atoms with E-state index in [1.54, 1.807) is 6.07 Å². The van der Waals surface area contributed by atoms with E-state index in [0.29, 0.717) is 11.4 Å². The van der Waals surface area contributed by atoms with Gasteiger partial charge in [0.25, 0.3) is 0 Å². The van der Waals surface area contributed by atoms with Crippen LogP contribution in [0, 0.1) is 5.92 Å². The predicted octanol–water partition coefficient (Wildman–Crippen LogP) is 3.54. The van der Waals surface area contributed by atoms with E-state index in [4.69, 9.17) is 5.73 Å². The molecule has 1 aromatic rings. The molecule has 0 radical (unpaired) electrons. The summed E-state index contributed by atoms with van der Waals surface area (Å²) in [4.78, 5) is 27.4. The van der Waals surface area contributed by atoms with Crippen LogP contribution in [0.4, 0.5) is 11.4 Å². The summed E-state index contributed by atoms with van der Waals surface area (Å²) in [5.74, 6) is -0.0138. The van der Waals surface area contributed by atoms with Gasteiger partial charge >= 0.3 is 0 Å². The van der Waals surface area contributed by atoms with Crippen molar-refractivity contribution in [1.29, 1.82) is 0 Å². The van der Waals surface area contributed by atoms with Gasteiger partial charge in [-0.3, -0.25) is 9.59 Å². The van der Waals surface area contributed by atoms with Crippen LogP contribution >= 0.6 is 15.9 Å². The zero-order valence-electron chi connectivity index (χ0n) is 13.9. The summed E-state index contributed by atoms with van der Waals surface area (Å²) in [6.07, 6.45) is 5.78. The first-order valence-corrected chi connectivity index (χ1v) is 9.45. The van der Waals surface area contributed by atoms with Gasteiger partial charge in [-0.05, 0) is 53.7 Å². The van der Waals surface area contributed by atoms with Gasteiger partial charge in [0.2, 0.25) is 11.8 Å². The van der Waals surface area contributed by atoms with Crippen LogP contribution in [0.15, 0.2) is 22.7 Å². The summed E-state index contributed by atoms with van der Waals surface area (Å²) in [6, 6.07) is 5.26. The quantitative estimate of drug-likeness (QED) is 0.754. The summed E-state index contributed by atoms with van der Waals surface area (Å²) in [5.41, 5.74) is 7.11. The molecule has 0 saturated carbocycles. The van der Waals surface area contributed by atoms with Crippen molar-refractivity contribution < 1.29 is 9.59 Å². The summed E-state index contributed by atoms with van der Waals surface area (Å²) in [7, 11) is 0. The Morgan fingerprint density at radius 1 is 1.25 bits per heavy atom. The number of nitrogens with one attached hydrogen (secondary N) is 1. The van der Waals surface area contributed by atoms with Gasteiger partial charge in [-0.1, -0.05) is 25.8 Å². The second-order valence-electron chi connectivity index (χ2n) is 6.87. The summed E-state index contributed by atoms with van der Waals surface area (Å²) in [6.45, 7) is 1.98. The van der Waals surface area contributed by atoms with Crippen molar-refractivity contribution in [2.75, 3.05) is 11.1 Å². The number of rotatable bonds is 2. The number of hydrogen-bond donors (Lipinski definition) is 2. The molecule has 2 aliphatic heterocycles. The number of fused-ring (bicyclic) bond motifs is 1. The van der Waals surface area contributed by atoms with E-state index in [1.807, 2.05) is 24.0 Å². The Labute approximate surface area is 151 Å². The number of benzene rings is 1. The second kappa shape index (κ2) is 7.13. The molecule has 3 atom stereocenters. The fourth-order valence-corrected chi connectivity index (χ4v) is 4.19. The van der Waals surface area contributed by atoms with E-state index in [9.17, 15) is 9.59 Å². The van der Waals surface area contributed by atoms with Crippen LogP contribution in [0.3, 0.4) is 0 Å². The summed E-state index contributed by atoms with van der Waals surface area (Å²) < 4.78 is 0.751. The Morgan fingerprint density at radius 2 is 2.00 bits per heavy atom. The highest BCUT2D eigenvalue weighted by molar-refractivity contribution is 9.10. The van der Waals surface area contributed by atoms with Crippen molar-refractivity contribution in [3.63, 3.8) is 0 Å². The van der Waals surface area contributed by atoms with Crippen molar-refractivity contribution in [1.82, 2.24) is 4.90 Å². The molecule has 0 aromatic heterocycles. The molecule has 2 amide bonds. The molecule has 2 aliphatic rings. The molecule has 6 heteroatoms. The van der Waals surface area contributed by atoms with Gasteiger partial charge in [-0.2, -0.15) is 0 Å². The lowest BCUT2D eigenvalue weighted by molar-refractivity contribution is -0.142. The summed E-state index contributed by atoms with van der Waals surface area (Å²) >= 11 is 3.37. The fourth-order valence-electron chi connectivity index (χ4n) is 3.83. The molecule has 0 unspecified atom stereocenters. The zero-order chi connectivity index (χ0) is 17.3. The molecule has 3 rings (SSSR count). The van der Waals surface area contributed by atoms with E-state index >= 15 is 0 Å². The van der Waals surface area contributed by atoms with Gasteiger partial charge in [-0.15, -0.1) is 0 Å². The zero-order valence-corrected chi connectivity index (χ0v) is 15.5. The Bertz CT molecular complexity index is 649. The number of anilines is 2. The minimum Gasteiger partial charge on any atom is -0.396 e. The maximum absolute atomic E-state index is 12.8. The van der Waals surface area contributed by atoms with Gasteiger partial charge in [0.05, 0.1) is 11.4 Å². The first-order chi connectivity index (χ1) is 11.5. The number of nitrogen functional groups attached to an aromatic ring is 1. The molecule has 2 fully saturated rings. The molecule has 130 valence electrons. The van der Waals surface area contributed by atoms with E-state index < -0.39 is 0 Å². The smallest absolute Gasteiger partial charge is 0.247 e. The van der Waals surface area contributed by atoms with Gasteiger partial charge < -0.3 is 16.0 Å². The maximum Gasteiger partial charge on any atom is 0.247 e. The number of nitrogens with zero attached hydrogens (tertiary/aromatic N) is 1. The molecule has 0 spiro atoms. The highest BCUT2D eigenvalue weighted by Crippen LogP contribution is 2.34. The molecule has 3 N–H and O–H groups in total. The first-order valence-electron chi connectivity index (χ1n) is 8.66. The van der Waals surface area contributed by atoms with E-state index in [-0.39, 0.29) is 29.8 Å². The number of hydrogen-bond acceptors (Lipinski definition) is 3. The largest absolute Gasteiger partial charge is 0.396 e. The maximum atomic E-state index is 12.8. The van der Waals surface area contributed by atoms with Gasteiger partial charge in [-0.25, -0.2) is 0 Å². The third kappa shape index (κ3) is 3.29. The molecular weight excluding hydrogens is 370 g/mol. The standard InChI is InChI=1S/C18H24BrN3O2/c1-11-5-2-3-6-12-9-10-15(22(12)18(11)24)17(23)21-14-8-4-7-13(19)16(14)20/h4,7-8,11-12,15H,2-3,5-6,9-10,20H2,1H3,(H,21,23)/t11-,12-,15-/m0/s1. The molecule has 5 nitrogen and oxygen atoms in total. The predicted molar refractivity (Wildman–Crippen MR) is 98.5 cm³/mol. The highest BCUT2D eigenvalue weighted by Gasteiger charge is 2.42. The van der Waals surface area contributed by atoms with Crippen molar-refractivity contribution in [2.24, 2.45) is 5.92 Å².